The lowest BCUT2D eigenvalue weighted by Crippen LogP contribution is -2.32. The normalized spacial score (nSPS) is 13.4. The maximum absolute atomic E-state index is 12.5. The van der Waals surface area contributed by atoms with Crippen LogP contribution >= 0.6 is 0 Å². The van der Waals surface area contributed by atoms with Crippen molar-refractivity contribution in [3.63, 3.8) is 0 Å². The molecule has 4 aromatic rings. The number of imidazole rings is 1. The molecule has 2 heterocycles. The van der Waals surface area contributed by atoms with Crippen molar-refractivity contribution < 1.29 is 14.7 Å². The number of rotatable bonds is 5. The Hall–Kier alpha value is -4.13. The zero-order valence-corrected chi connectivity index (χ0v) is 19.0. The Morgan fingerprint density at radius 1 is 1.00 bits per heavy atom. The first kappa shape index (κ1) is 21.7. The highest BCUT2D eigenvalue weighted by Gasteiger charge is 2.18. The number of carbonyl (C=O) groups excluding carboxylic acids is 1. The Morgan fingerprint density at radius 3 is 2.47 bits per heavy atom. The van der Waals surface area contributed by atoms with Crippen LogP contribution in [-0.4, -0.2) is 44.6 Å². The van der Waals surface area contributed by atoms with Gasteiger partial charge in [0, 0.05) is 25.3 Å². The zero-order chi connectivity index (χ0) is 23.7. The van der Waals surface area contributed by atoms with Gasteiger partial charge in [0.25, 0.3) is 0 Å². The van der Waals surface area contributed by atoms with Crippen LogP contribution in [0.3, 0.4) is 0 Å². The molecule has 7 nitrogen and oxygen atoms in total. The van der Waals surface area contributed by atoms with E-state index in [4.69, 9.17) is 0 Å². The molecule has 7 heteroatoms. The summed E-state index contributed by atoms with van der Waals surface area (Å²) < 4.78 is 2.13. The number of urea groups is 1. The summed E-state index contributed by atoms with van der Waals surface area (Å²) in [6, 6.07) is 20.7. The van der Waals surface area contributed by atoms with Gasteiger partial charge in [-0.1, -0.05) is 42.5 Å². The number of aryl methyl sites for hydroxylation is 1. The molecule has 0 radical (unpaired) electrons. The first-order chi connectivity index (χ1) is 16.5. The molecule has 2 amide bonds. The fraction of sp³-hybridized carbons (Fsp3) is 0.222. The third kappa shape index (κ3) is 4.24. The summed E-state index contributed by atoms with van der Waals surface area (Å²) in [5, 5.41) is 12.5. The van der Waals surface area contributed by atoms with Crippen molar-refractivity contribution in [1.82, 2.24) is 14.5 Å². The largest absolute Gasteiger partial charge is 0.478 e. The van der Waals surface area contributed by atoms with Gasteiger partial charge in [-0.05, 0) is 60.7 Å². The van der Waals surface area contributed by atoms with Crippen molar-refractivity contribution in [2.45, 2.75) is 26.3 Å². The van der Waals surface area contributed by atoms with E-state index in [0.717, 1.165) is 59.6 Å². The molecule has 5 rings (SSSR count). The molecule has 3 aromatic carbocycles. The average Bonchev–Trinajstić information content (AvgIpc) is 3.48. The van der Waals surface area contributed by atoms with E-state index in [-0.39, 0.29) is 11.6 Å². The Kier molecular flexibility index (Phi) is 5.76. The highest BCUT2D eigenvalue weighted by molar-refractivity contribution is 5.96. The van der Waals surface area contributed by atoms with Crippen LogP contribution in [0.15, 0.2) is 66.7 Å². The Morgan fingerprint density at radius 2 is 1.74 bits per heavy atom. The van der Waals surface area contributed by atoms with E-state index in [1.807, 2.05) is 66.4 Å². The summed E-state index contributed by atoms with van der Waals surface area (Å²) in [6.45, 7) is 4.20. The lowest BCUT2D eigenvalue weighted by Gasteiger charge is -2.16. The number of hydrogen-bond donors (Lipinski definition) is 2. The van der Waals surface area contributed by atoms with Crippen LogP contribution in [0.5, 0.6) is 0 Å². The van der Waals surface area contributed by atoms with Gasteiger partial charge in [-0.15, -0.1) is 0 Å². The van der Waals surface area contributed by atoms with Gasteiger partial charge in [0.05, 0.1) is 16.6 Å². The third-order valence-corrected chi connectivity index (χ3v) is 6.35. The molecule has 1 saturated heterocycles. The number of anilines is 1. The van der Waals surface area contributed by atoms with Gasteiger partial charge in [0.1, 0.15) is 5.82 Å². The molecule has 0 aliphatic carbocycles. The number of benzene rings is 3. The minimum absolute atomic E-state index is 0.0585. The van der Waals surface area contributed by atoms with E-state index in [0.29, 0.717) is 12.1 Å². The highest BCUT2D eigenvalue weighted by atomic mass is 16.4. The van der Waals surface area contributed by atoms with Crippen LogP contribution in [0.4, 0.5) is 10.5 Å². The second kappa shape index (κ2) is 9.02. The van der Waals surface area contributed by atoms with E-state index < -0.39 is 5.97 Å². The van der Waals surface area contributed by atoms with Gasteiger partial charge in [-0.3, -0.25) is 0 Å². The lowest BCUT2D eigenvalue weighted by molar-refractivity contribution is 0.0697. The minimum atomic E-state index is -0.937. The number of nitrogens with one attached hydrogen (secondary N) is 1. The van der Waals surface area contributed by atoms with E-state index >= 15 is 0 Å². The summed E-state index contributed by atoms with van der Waals surface area (Å²) >= 11 is 0. The first-order valence-corrected chi connectivity index (χ1v) is 11.4. The first-order valence-electron chi connectivity index (χ1n) is 11.4. The molecule has 172 valence electrons. The van der Waals surface area contributed by atoms with Crippen molar-refractivity contribution in [3.05, 3.63) is 83.7 Å². The van der Waals surface area contributed by atoms with Crippen molar-refractivity contribution in [2.75, 3.05) is 18.4 Å². The number of hydrogen-bond acceptors (Lipinski definition) is 3. The van der Waals surface area contributed by atoms with Crippen molar-refractivity contribution in [2.24, 2.45) is 0 Å². The number of fused-ring (bicyclic) bond motifs is 1. The summed E-state index contributed by atoms with van der Waals surface area (Å²) in [4.78, 5) is 30.6. The number of carboxylic acids is 1. The van der Waals surface area contributed by atoms with Crippen molar-refractivity contribution in [3.8, 4) is 11.1 Å². The highest BCUT2D eigenvalue weighted by Crippen LogP contribution is 2.26. The van der Waals surface area contributed by atoms with Gasteiger partial charge in [-0.25, -0.2) is 14.6 Å². The van der Waals surface area contributed by atoms with Crippen LogP contribution in [0.1, 0.15) is 34.6 Å². The monoisotopic (exact) mass is 454 g/mol. The predicted octanol–water partition coefficient (Wildman–Crippen LogP) is 5.39. The Labute approximate surface area is 197 Å². The molecule has 1 aromatic heterocycles. The molecular formula is C27H26N4O3. The fourth-order valence-corrected chi connectivity index (χ4v) is 4.54. The van der Waals surface area contributed by atoms with Crippen LogP contribution in [-0.2, 0) is 6.54 Å². The molecule has 0 atom stereocenters. The summed E-state index contributed by atoms with van der Waals surface area (Å²) in [5.74, 6) is -0.0499. The number of aromatic carboxylic acids is 1. The number of aromatic nitrogens is 2. The summed E-state index contributed by atoms with van der Waals surface area (Å²) in [6.07, 6.45) is 2.11. The number of carbonyl (C=O) groups is 2. The molecule has 0 unspecified atom stereocenters. The van der Waals surface area contributed by atoms with Crippen LogP contribution < -0.4 is 5.32 Å². The van der Waals surface area contributed by atoms with E-state index in [9.17, 15) is 14.7 Å². The molecule has 34 heavy (non-hydrogen) atoms. The third-order valence-electron chi connectivity index (χ3n) is 6.35. The summed E-state index contributed by atoms with van der Waals surface area (Å²) in [7, 11) is 0. The van der Waals surface area contributed by atoms with Crippen molar-refractivity contribution in [1.29, 1.82) is 0 Å². The molecule has 1 fully saturated rings. The van der Waals surface area contributed by atoms with Crippen LogP contribution in [0.25, 0.3) is 22.2 Å². The number of nitrogens with zero attached hydrogens (tertiary/aromatic N) is 3. The minimum Gasteiger partial charge on any atom is -0.478 e. The summed E-state index contributed by atoms with van der Waals surface area (Å²) in [5.41, 5.74) is 5.51. The number of amides is 2. The quantitative estimate of drug-likeness (QED) is 0.423. The molecule has 0 spiro atoms. The zero-order valence-electron chi connectivity index (χ0n) is 19.0. The predicted molar refractivity (Wildman–Crippen MR) is 132 cm³/mol. The lowest BCUT2D eigenvalue weighted by atomic mass is 9.99. The Bertz CT molecular complexity index is 1370. The Balaban J connectivity index is 1.39. The SMILES string of the molecule is Cc1nc2ccc(NC(=O)N3CCCC3)cc2n1Cc1ccc(-c2ccccc2C(=O)O)cc1. The van der Waals surface area contributed by atoms with Crippen molar-refractivity contribution >= 4 is 28.7 Å². The average molecular weight is 455 g/mol. The smallest absolute Gasteiger partial charge is 0.336 e. The molecule has 0 bridgehead atoms. The second-order valence-electron chi connectivity index (χ2n) is 8.62. The molecule has 1 aliphatic heterocycles. The molecular weight excluding hydrogens is 428 g/mol. The van der Waals surface area contributed by atoms with Crippen LogP contribution in [0, 0.1) is 6.92 Å². The van der Waals surface area contributed by atoms with E-state index in [1.54, 1.807) is 12.1 Å². The second-order valence-corrected chi connectivity index (χ2v) is 8.62. The maximum atomic E-state index is 12.5. The maximum Gasteiger partial charge on any atom is 0.336 e. The fourth-order valence-electron chi connectivity index (χ4n) is 4.54. The van der Waals surface area contributed by atoms with Gasteiger partial charge >= 0.3 is 12.0 Å². The number of likely N-dealkylation sites (tertiary alicyclic amines) is 1. The van der Waals surface area contributed by atoms with Gasteiger partial charge in [0.2, 0.25) is 0 Å². The standard InChI is InChI=1S/C27H26N4O3/c1-18-28-24-13-12-21(29-27(34)30-14-4-5-15-30)16-25(24)31(18)17-19-8-10-20(11-9-19)22-6-2-3-7-23(22)26(32)33/h2-3,6-13,16H,4-5,14-15,17H2,1H3,(H,29,34)(H,32,33). The number of carboxylic acid groups (broad SMARTS) is 1. The molecule has 0 saturated carbocycles. The topological polar surface area (TPSA) is 87.5 Å². The van der Waals surface area contributed by atoms with E-state index in [2.05, 4.69) is 14.9 Å². The molecule has 2 N–H and O–H groups in total. The van der Waals surface area contributed by atoms with Gasteiger partial charge in [-0.2, -0.15) is 0 Å². The van der Waals surface area contributed by atoms with Gasteiger partial charge < -0.3 is 19.9 Å². The molecule has 1 aliphatic rings. The van der Waals surface area contributed by atoms with E-state index in [1.165, 1.54) is 0 Å². The van der Waals surface area contributed by atoms with Crippen LogP contribution in [0.2, 0.25) is 0 Å². The van der Waals surface area contributed by atoms with Gasteiger partial charge in [0.15, 0.2) is 0 Å².